The average Bonchev–Trinajstić information content (AvgIpc) is 2.15. The number of thiol groups is 1. The van der Waals surface area contributed by atoms with Gasteiger partial charge in [0.15, 0.2) is 6.29 Å². The molecule has 0 aliphatic carbocycles. The van der Waals surface area contributed by atoms with Gasteiger partial charge in [-0.15, -0.1) is 12.6 Å². The minimum Gasteiger partial charge on any atom is -0.298 e. The van der Waals surface area contributed by atoms with Crippen LogP contribution in [0.2, 0.25) is 5.02 Å². The van der Waals surface area contributed by atoms with Crippen molar-refractivity contribution < 1.29 is 4.79 Å². The summed E-state index contributed by atoms with van der Waals surface area (Å²) < 4.78 is 0. The van der Waals surface area contributed by atoms with Crippen LogP contribution in [0.5, 0.6) is 0 Å². The van der Waals surface area contributed by atoms with E-state index in [0.29, 0.717) is 10.6 Å². The van der Waals surface area contributed by atoms with Crippen molar-refractivity contribution in [2.75, 3.05) is 0 Å². The predicted octanol–water partition coefficient (Wildman–Crippen LogP) is 3.78. The number of benzene rings is 1. The Kier molecular flexibility index (Phi) is 5.84. The number of carbonyl (C=O) groups excluding carboxylic acids is 1. The molecule has 0 bridgehead atoms. The van der Waals surface area contributed by atoms with Crippen LogP contribution in [-0.2, 0) is 0 Å². The van der Waals surface area contributed by atoms with Gasteiger partial charge >= 0.3 is 0 Å². The number of aldehydes is 1. The van der Waals surface area contributed by atoms with Gasteiger partial charge in [0.1, 0.15) is 0 Å². The first kappa shape index (κ1) is 12.5. The SMILES string of the molecule is CC.Cc1cc(C=O)c(Cl)cc1S. The van der Waals surface area contributed by atoms with E-state index >= 15 is 0 Å². The number of hydrogen-bond donors (Lipinski definition) is 1. The molecule has 0 spiro atoms. The summed E-state index contributed by atoms with van der Waals surface area (Å²) in [5.41, 5.74) is 1.47. The molecule has 0 heterocycles. The lowest BCUT2D eigenvalue weighted by Gasteiger charge is -2.00. The van der Waals surface area contributed by atoms with Crippen molar-refractivity contribution in [3.8, 4) is 0 Å². The van der Waals surface area contributed by atoms with Crippen molar-refractivity contribution in [1.82, 2.24) is 0 Å². The van der Waals surface area contributed by atoms with Gasteiger partial charge in [-0.3, -0.25) is 4.79 Å². The molecule has 3 heteroatoms. The van der Waals surface area contributed by atoms with Crippen LogP contribution in [0.15, 0.2) is 17.0 Å². The highest BCUT2D eigenvalue weighted by Gasteiger charge is 2.01. The molecule has 0 fully saturated rings. The molecule has 0 aromatic heterocycles. The van der Waals surface area contributed by atoms with Crippen molar-refractivity contribution in [2.45, 2.75) is 25.7 Å². The van der Waals surface area contributed by atoms with E-state index in [4.69, 9.17) is 11.6 Å². The first-order chi connectivity index (χ1) is 6.15. The minimum atomic E-state index is 0.454. The van der Waals surface area contributed by atoms with Crippen molar-refractivity contribution in [1.29, 1.82) is 0 Å². The third-order valence-electron chi connectivity index (χ3n) is 1.44. The van der Waals surface area contributed by atoms with E-state index in [9.17, 15) is 4.79 Å². The molecule has 0 aliphatic heterocycles. The summed E-state index contributed by atoms with van der Waals surface area (Å²) >= 11 is 9.87. The Labute approximate surface area is 89.5 Å². The predicted molar refractivity (Wildman–Crippen MR) is 60.2 cm³/mol. The van der Waals surface area contributed by atoms with Gasteiger partial charge in [0, 0.05) is 10.5 Å². The third kappa shape index (κ3) is 3.41. The van der Waals surface area contributed by atoms with Crippen LogP contribution in [0.4, 0.5) is 0 Å². The number of carbonyl (C=O) groups is 1. The zero-order chi connectivity index (χ0) is 10.4. The van der Waals surface area contributed by atoms with Gasteiger partial charge in [-0.25, -0.2) is 0 Å². The highest BCUT2D eigenvalue weighted by Crippen LogP contribution is 2.22. The minimum absolute atomic E-state index is 0.454. The Bertz CT molecular complexity index is 297. The zero-order valence-electron chi connectivity index (χ0n) is 7.97. The smallest absolute Gasteiger partial charge is 0.151 e. The monoisotopic (exact) mass is 216 g/mol. The fourth-order valence-corrected chi connectivity index (χ4v) is 1.26. The molecule has 1 rings (SSSR count). The first-order valence-electron chi connectivity index (χ1n) is 4.09. The summed E-state index contributed by atoms with van der Waals surface area (Å²) in [6, 6.07) is 3.39. The lowest BCUT2D eigenvalue weighted by atomic mass is 10.1. The van der Waals surface area contributed by atoms with Gasteiger partial charge in [0.2, 0.25) is 0 Å². The number of halogens is 1. The highest BCUT2D eigenvalue weighted by molar-refractivity contribution is 7.80. The summed E-state index contributed by atoms with van der Waals surface area (Å²) in [7, 11) is 0. The van der Waals surface area contributed by atoms with Gasteiger partial charge in [-0.2, -0.15) is 0 Å². The van der Waals surface area contributed by atoms with Crippen LogP contribution < -0.4 is 0 Å². The quantitative estimate of drug-likeness (QED) is 0.559. The molecule has 0 saturated carbocycles. The summed E-state index contributed by atoms with van der Waals surface area (Å²) in [5.74, 6) is 0. The number of hydrogen-bond acceptors (Lipinski definition) is 2. The number of rotatable bonds is 1. The van der Waals surface area contributed by atoms with Gasteiger partial charge in [-0.05, 0) is 24.6 Å². The van der Waals surface area contributed by atoms with Gasteiger partial charge in [0.05, 0.1) is 5.02 Å². The van der Waals surface area contributed by atoms with E-state index in [2.05, 4.69) is 12.6 Å². The van der Waals surface area contributed by atoms with E-state index < -0.39 is 0 Å². The molecule has 1 aromatic rings. The van der Waals surface area contributed by atoms with Crippen LogP contribution in [0.25, 0.3) is 0 Å². The maximum Gasteiger partial charge on any atom is 0.151 e. The molecule has 0 atom stereocenters. The zero-order valence-corrected chi connectivity index (χ0v) is 9.62. The van der Waals surface area contributed by atoms with E-state index in [0.717, 1.165) is 16.7 Å². The van der Waals surface area contributed by atoms with Crippen LogP contribution in [0, 0.1) is 6.92 Å². The molecule has 0 unspecified atom stereocenters. The molecule has 0 amide bonds. The first-order valence-corrected chi connectivity index (χ1v) is 4.92. The molecule has 13 heavy (non-hydrogen) atoms. The maximum atomic E-state index is 10.4. The normalized spacial score (nSPS) is 8.69. The lowest BCUT2D eigenvalue weighted by Crippen LogP contribution is -1.85. The van der Waals surface area contributed by atoms with Crippen molar-refractivity contribution in [3.05, 3.63) is 28.3 Å². The van der Waals surface area contributed by atoms with Gasteiger partial charge in [0.25, 0.3) is 0 Å². The van der Waals surface area contributed by atoms with Crippen LogP contribution >= 0.6 is 24.2 Å². The third-order valence-corrected chi connectivity index (χ3v) is 2.25. The Morgan fingerprint density at radius 3 is 2.38 bits per heavy atom. The molecule has 0 N–H and O–H groups in total. The Morgan fingerprint density at radius 1 is 1.38 bits per heavy atom. The van der Waals surface area contributed by atoms with E-state index in [1.165, 1.54) is 0 Å². The molecule has 0 aliphatic rings. The second-order valence-corrected chi connectivity index (χ2v) is 3.17. The lowest BCUT2D eigenvalue weighted by molar-refractivity contribution is 0.112. The molecule has 0 radical (unpaired) electrons. The van der Waals surface area contributed by atoms with Crippen LogP contribution in [0.3, 0.4) is 0 Å². The summed E-state index contributed by atoms with van der Waals surface area (Å²) in [6.45, 7) is 5.88. The highest BCUT2D eigenvalue weighted by atomic mass is 35.5. The molecule has 1 aromatic carbocycles. The van der Waals surface area contributed by atoms with E-state index in [1.54, 1.807) is 12.1 Å². The van der Waals surface area contributed by atoms with Crippen LogP contribution in [-0.4, -0.2) is 6.29 Å². The fourth-order valence-electron chi connectivity index (χ4n) is 0.784. The summed E-state index contributed by atoms with van der Waals surface area (Å²) in [4.78, 5) is 11.2. The van der Waals surface area contributed by atoms with Crippen LogP contribution in [0.1, 0.15) is 29.8 Å². The maximum absolute atomic E-state index is 10.4. The molecule has 0 saturated heterocycles. The molecular weight excluding hydrogens is 204 g/mol. The van der Waals surface area contributed by atoms with E-state index in [-0.39, 0.29) is 0 Å². The summed E-state index contributed by atoms with van der Waals surface area (Å²) in [6.07, 6.45) is 0.739. The number of aryl methyl sites for hydroxylation is 1. The molecular formula is C10H13ClOS. The Balaban J connectivity index is 0.000000671. The second kappa shape index (κ2) is 6.06. The van der Waals surface area contributed by atoms with Gasteiger partial charge in [-0.1, -0.05) is 25.4 Å². The fraction of sp³-hybridized carbons (Fsp3) is 0.300. The Morgan fingerprint density at radius 2 is 1.92 bits per heavy atom. The van der Waals surface area contributed by atoms with Crippen molar-refractivity contribution in [2.24, 2.45) is 0 Å². The summed E-state index contributed by atoms with van der Waals surface area (Å²) in [5, 5.41) is 0.454. The van der Waals surface area contributed by atoms with Crippen molar-refractivity contribution in [3.63, 3.8) is 0 Å². The topological polar surface area (TPSA) is 17.1 Å². The molecule has 72 valence electrons. The Hall–Kier alpha value is -0.470. The largest absolute Gasteiger partial charge is 0.298 e. The second-order valence-electron chi connectivity index (χ2n) is 2.28. The molecule has 1 nitrogen and oxygen atoms in total. The van der Waals surface area contributed by atoms with Crippen molar-refractivity contribution >= 4 is 30.5 Å². The van der Waals surface area contributed by atoms with E-state index in [1.807, 2.05) is 20.8 Å². The standard InChI is InChI=1S/C8H7ClOS.C2H6/c1-5-2-6(4-10)7(9)3-8(5)11;1-2/h2-4,11H,1H3;1-2H3. The average molecular weight is 217 g/mol. The van der Waals surface area contributed by atoms with Gasteiger partial charge < -0.3 is 0 Å².